The van der Waals surface area contributed by atoms with E-state index in [4.69, 9.17) is 4.74 Å². The van der Waals surface area contributed by atoms with Gasteiger partial charge in [0.2, 0.25) is 0 Å². The van der Waals surface area contributed by atoms with Gasteiger partial charge in [0, 0.05) is 57.8 Å². The first kappa shape index (κ1) is 21.2. The van der Waals surface area contributed by atoms with Crippen molar-refractivity contribution in [1.29, 1.82) is 0 Å². The Morgan fingerprint density at radius 3 is 2.39 bits per heavy atom. The number of piperidine rings is 1. The molecule has 2 aromatic rings. The summed E-state index contributed by atoms with van der Waals surface area (Å²) in [5, 5.41) is 0. The maximum Gasteiger partial charge on any atom is 0.410 e. The second kappa shape index (κ2) is 8.25. The van der Waals surface area contributed by atoms with Crippen molar-refractivity contribution < 1.29 is 14.3 Å². The Hall–Kier alpha value is -3.02. The first-order chi connectivity index (χ1) is 14.7. The van der Waals surface area contributed by atoms with Crippen molar-refractivity contribution >= 4 is 17.7 Å². The van der Waals surface area contributed by atoms with E-state index in [1.165, 1.54) is 11.1 Å². The molecular weight excluding hydrogens is 390 g/mol. The van der Waals surface area contributed by atoms with Gasteiger partial charge < -0.3 is 14.5 Å². The van der Waals surface area contributed by atoms with Crippen LogP contribution in [0.1, 0.15) is 39.9 Å². The number of carbonyl (C=O) groups excluding carboxylic acids is 2. The van der Waals surface area contributed by atoms with E-state index in [0.717, 1.165) is 11.3 Å². The summed E-state index contributed by atoms with van der Waals surface area (Å²) < 4.78 is 5.86. The molecule has 0 N–H and O–H groups in total. The summed E-state index contributed by atoms with van der Waals surface area (Å²) >= 11 is 0. The molecule has 31 heavy (non-hydrogen) atoms. The summed E-state index contributed by atoms with van der Waals surface area (Å²) in [4.78, 5) is 31.2. The highest BCUT2D eigenvalue weighted by molar-refractivity contribution is 5.95. The van der Waals surface area contributed by atoms with Crippen molar-refractivity contribution in [3.05, 3.63) is 64.7 Å². The third-order valence-corrected chi connectivity index (χ3v) is 6.27. The highest BCUT2D eigenvalue weighted by Crippen LogP contribution is 2.34. The molecule has 2 amide bonds. The predicted octanol–water partition coefficient (Wildman–Crippen LogP) is 4.00. The summed E-state index contributed by atoms with van der Waals surface area (Å²) in [5.74, 6) is 0.0370. The van der Waals surface area contributed by atoms with E-state index < -0.39 is 5.60 Å². The summed E-state index contributed by atoms with van der Waals surface area (Å²) in [6.45, 7) is 6.47. The standard InChI is InChI=1S/C25H31N3O3/c1-18-12-19(2)14-20(13-18)16-28-17-25(31-24(28)30)8-10-27(11-9-25)23(29)21-6-5-7-22(15-21)26(3)4/h5-7,12-15H,8-11,16-17H2,1-4H3. The summed E-state index contributed by atoms with van der Waals surface area (Å²) in [6.07, 6.45) is 1.08. The number of hydrogen-bond donors (Lipinski definition) is 0. The smallest absolute Gasteiger partial charge is 0.410 e. The van der Waals surface area contributed by atoms with Gasteiger partial charge in [-0.25, -0.2) is 4.79 Å². The van der Waals surface area contributed by atoms with Gasteiger partial charge >= 0.3 is 6.09 Å². The molecule has 164 valence electrons. The fraction of sp³-hybridized carbons (Fsp3) is 0.440. The van der Waals surface area contributed by atoms with Crippen LogP contribution in [0, 0.1) is 13.8 Å². The molecule has 6 nitrogen and oxygen atoms in total. The van der Waals surface area contributed by atoms with Gasteiger partial charge in [-0.05, 0) is 37.6 Å². The zero-order valence-electron chi connectivity index (χ0n) is 18.9. The zero-order valence-corrected chi connectivity index (χ0v) is 18.9. The number of rotatable bonds is 4. The quantitative estimate of drug-likeness (QED) is 0.749. The number of carbonyl (C=O) groups is 2. The number of likely N-dealkylation sites (tertiary alicyclic amines) is 1. The molecule has 1 spiro atoms. The molecule has 0 unspecified atom stereocenters. The monoisotopic (exact) mass is 421 g/mol. The molecule has 0 atom stereocenters. The fourth-order valence-corrected chi connectivity index (χ4v) is 4.67. The highest BCUT2D eigenvalue weighted by Gasteiger charge is 2.47. The van der Waals surface area contributed by atoms with E-state index in [2.05, 4.69) is 32.0 Å². The van der Waals surface area contributed by atoms with Crippen LogP contribution in [0.2, 0.25) is 0 Å². The number of hydrogen-bond acceptors (Lipinski definition) is 4. The highest BCUT2D eigenvalue weighted by atomic mass is 16.6. The lowest BCUT2D eigenvalue weighted by Gasteiger charge is -2.37. The maximum atomic E-state index is 13.0. The van der Waals surface area contributed by atoms with Crippen LogP contribution in [-0.2, 0) is 11.3 Å². The third kappa shape index (κ3) is 4.53. The molecule has 2 aliphatic heterocycles. The van der Waals surface area contributed by atoms with Gasteiger partial charge in [0.15, 0.2) is 0 Å². The van der Waals surface area contributed by atoms with Crippen LogP contribution in [0.3, 0.4) is 0 Å². The number of nitrogens with zero attached hydrogens (tertiary/aromatic N) is 3. The molecule has 0 bridgehead atoms. The first-order valence-corrected chi connectivity index (χ1v) is 10.9. The lowest BCUT2D eigenvalue weighted by Crippen LogP contribution is -2.48. The minimum absolute atomic E-state index is 0.0370. The second-order valence-electron chi connectivity index (χ2n) is 9.14. The minimum Gasteiger partial charge on any atom is -0.441 e. The molecule has 2 saturated heterocycles. The second-order valence-corrected chi connectivity index (χ2v) is 9.14. The lowest BCUT2D eigenvalue weighted by atomic mass is 9.91. The van der Waals surface area contributed by atoms with E-state index in [1.54, 1.807) is 4.90 Å². The molecule has 2 fully saturated rings. The van der Waals surface area contributed by atoms with Crippen molar-refractivity contribution in [2.24, 2.45) is 0 Å². The predicted molar refractivity (Wildman–Crippen MR) is 121 cm³/mol. The first-order valence-electron chi connectivity index (χ1n) is 10.9. The summed E-state index contributed by atoms with van der Waals surface area (Å²) in [5.41, 5.74) is 4.73. The van der Waals surface area contributed by atoms with E-state index in [0.29, 0.717) is 44.6 Å². The lowest BCUT2D eigenvalue weighted by molar-refractivity contribution is 0.00313. The van der Waals surface area contributed by atoms with Crippen LogP contribution in [0.5, 0.6) is 0 Å². The van der Waals surface area contributed by atoms with Gasteiger partial charge in [-0.3, -0.25) is 9.69 Å². The molecule has 2 aromatic carbocycles. The van der Waals surface area contributed by atoms with Crippen LogP contribution >= 0.6 is 0 Å². The Balaban J connectivity index is 1.39. The molecular formula is C25H31N3O3. The number of aryl methyl sites for hydroxylation is 2. The van der Waals surface area contributed by atoms with Crippen molar-refractivity contribution in [2.45, 2.75) is 38.8 Å². The summed E-state index contributed by atoms with van der Waals surface area (Å²) in [7, 11) is 3.93. The van der Waals surface area contributed by atoms with Gasteiger partial charge in [-0.2, -0.15) is 0 Å². The Morgan fingerprint density at radius 1 is 1.06 bits per heavy atom. The number of amides is 2. The van der Waals surface area contributed by atoms with Gasteiger partial charge in [-0.1, -0.05) is 35.4 Å². The molecule has 2 aliphatic rings. The van der Waals surface area contributed by atoms with E-state index >= 15 is 0 Å². The molecule has 2 heterocycles. The van der Waals surface area contributed by atoms with Crippen LogP contribution < -0.4 is 4.90 Å². The van der Waals surface area contributed by atoms with Gasteiger partial charge in [0.25, 0.3) is 5.91 Å². The molecule has 0 aliphatic carbocycles. The van der Waals surface area contributed by atoms with Crippen LogP contribution in [0.15, 0.2) is 42.5 Å². The van der Waals surface area contributed by atoms with E-state index in [1.807, 2.05) is 48.2 Å². The Labute approximate surface area is 184 Å². The average molecular weight is 422 g/mol. The van der Waals surface area contributed by atoms with Crippen molar-refractivity contribution in [3.8, 4) is 0 Å². The SMILES string of the molecule is Cc1cc(C)cc(CN2CC3(CCN(C(=O)c4cccc(N(C)C)c4)CC3)OC2=O)c1. The molecule has 6 heteroatoms. The topological polar surface area (TPSA) is 53.1 Å². The summed E-state index contributed by atoms with van der Waals surface area (Å²) in [6, 6.07) is 14.1. The van der Waals surface area contributed by atoms with Crippen LogP contribution in [-0.4, -0.2) is 61.1 Å². The Kier molecular flexibility index (Phi) is 5.65. The molecule has 0 saturated carbocycles. The van der Waals surface area contributed by atoms with Crippen LogP contribution in [0.4, 0.5) is 10.5 Å². The van der Waals surface area contributed by atoms with Crippen LogP contribution in [0.25, 0.3) is 0 Å². The fourth-order valence-electron chi connectivity index (χ4n) is 4.67. The maximum absolute atomic E-state index is 13.0. The van der Waals surface area contributed by atoms with Gasteiger partial charge in [0.1, 0.15) is 5.60 Å². The van der Waals surface area contributed by atoms with E-state index in [-0.39, 0.29) is 12.0 Å². The van der Waals surface area contributed by atoms with E-state index in [9.17, 15) is 9.59 Å². The Morgan fingerprint density at radius 2 is 1.74 bits per heavy atom. The average Bonchev–Trinajstić information content (AvgIpc) is 3.01. The minimum atomic E-state index is -0.488. The van der Waals surface area contributed by atoms with Crippen molar-refractivity contribution in [1.82, 2.24) is 9.80 Å². The number of ether oxygens (including phenoxy) is 1. The third-order valence-electron chi connectivity index (χ3n) is 6.27. The van der Waals surface area contributed by atoms with Crippen molar-refractivity contribution in [2.75, 3.05) is 38.6 Å². The molecule has 0 radical (unpaired) electrons. The Bertz CT molecular complexity index is 973. The largest absolute Gasteiger partial charge is 0.441 e. The zero-order chi connectivity index (χ0) is 22.2. The number of anilines is 1. The normalized spacial score (nSPS) is 17.7. The van der Waals surface area contributed by atoms with Gasteiger partial charge in [0.05, 0.1) is 6.54 Å². The molecule has 4 rings (SSSR count). The van der Waals surface area contributed by atoms with Crippen molar-refractivity contribution in [3.63, 3.8) is 0 Å². The number of benzene rings is 2. The van der Waals surface area contributed by atoms with Gasteiger partial charge in [-0.15, -0.1) is 0 Å². The molecule has 0 aromatic heterocycles.